The molecule has 2 aromatic carbocycles. The van der Waals surface area contributed by atoms with Gasteiger partial charge < -0.3 is 25.0 Å². The van der Waals surface area contributed by atoms with Crippen LogP contribution in [-0.4, -0.2) is 46.5 Å². The Kier molecular flexibility index (Phi) is 9.90. The quantitative estimate of drug-likeness (QED) is 0.234. The van der Waals surface area contributed by atoms with Crippen LogP contribution in [0, 0.1) is 0 Å². The lowest BCUT2D eigenvalue weighted by Gasteiger charge is -2.19. The minimum Gasteiger partial charge on any atom is -0.454 e. The maximum absolute atomic E-state index is 5.43. The fourth-order valence-electron chi connectivity index (χ4n) is 3.13. The maximum atomic E-state index is 5.43. The van der Waals surface area contributed by atoms with E-state index in [9.17, 15) is 0 Å². The van der Waals surface area contributed by atoms with Gasteiger partial charge in [-0.2, -0.15) is 0 Å². The number of aliphatic imine (C=N–C) groups is 1. The summed E-state index contributed by atoms with van der Waals surface area (Å²) >= 11 is 0. The van der Waals surface area contributed by atoms with Crippen molar-refractivity contribution < 1.29 is 9.47 Å². The molecule has 0 saturated heterocycles. The van der Waals surface area contributed by atoms with Crippen molar-refractivity contribution >= 4 is 35.6 Å². The van der Waals surface area contributed by atoms with E-state index in [0.29, 0.717) is 6.79 Å². The zero-order valence-corrected chi connectivity index (χ0v) is 19.5. The first kappa shape index (κ1) is 23.1. The molecule has 0 aromatic heterocycles. The minimum atomic E-state index is 0. The number of fused-ring (bicyclic) bond motifs is 1. The highest BCUT2D eigenvalue weighted by atomic mass is 127. The SMILES string of the molecule is CN=C(NCCCCN(C)c1ccccc1)NCCc1ccc2c(c1)OCO2.I. The number of nitrogens with zero attached hydrogens (tertiary/aromatic N) is 2. The lowest BCUT2D eigenvalue weighted by atomic mass is 10.1. The van der Waals surface area contributed by atoms with Crippen LogP contribution in [0.5, 0.6) is 11.5 Å². The van der Waals surface area contributed by atoms with Crippen LogP contribution in [0.4, 0.5) is 5.69 Å². The Bertz CT molecular complexity index is 771. The second-order valence-corrected chi connectivity index (χ2v) is 6.83. The Balaban J connectivity index is 0.00000300. The van der Waals surface area contributed by atoms with Crippen LogP contribution >= 0.6 is 24.0 Å². The molecule has 0 saturated carbocycles. The van der Waals surface area contributed by atoms with E-state index in [-0.39, 0.29) is 24.0 Å². The molecule has 2 aromatic rings. The zero-order chi connectivity index (χ0) is 19.6. The summed E-state index contributed by atoms with van der Waals surface area (Å²) < 4.78 is 10.8. The normalized spacial score (nSPS) is 12.3. The molecule has 2 N–H and O–H groups in total. The molecule has 0 atom stereocenters. The molecule has 0 radical (unpaired) electrons. The molecule has 6 nitrogen and oxygen atoms in total. The molecular weight excluding hydrogens is 479 g/mol. The zero-order valence-electron chi connectivity index (χ0n) is 17.2. The molecule has 0 fully saturated rings. The van der Waals surface area contributed by atoms with Gasteiger partial charge in [-0.15, -0.1) is 24.0 Å². The van der Waals surface area contributed by atoms with E-state index >= 15 is 0 Å². The molecule has 0 amide bonds. The molecule has 1 aliphatic rings. The number of hydrogen-bond donors (Lipinski definition) is 2. The maximum Gasteiger partial charge on any atom is 0.231 e. The van der Waals surface area contributed by atoms with Crippen LogP contribution in [0.3, 0.4) is 0 Å². The third-order valence-corrected chi connectivity index (χ3v) is 4.78. The number of halogens is 1. The highest BCUT2D eigenvalue weighted by Crippen LogP contribution is 2.32. The van der Waals surface area contributed by atoms with Gasteiger partial charge in [-0.1, -0.05) is 24.3 Å². The van der Waals surface area contributed by atoms with Crippen LogP contribution < -0.4 is 25.0 Å². The standard InChI is InChI=1S/C22H30N4O2.HI/c1-23-22(24-13-6-7-15-26(2)19-8-4-3-5-9-19)25-14-12-18-10-11-20-21(16-18)28-17-27-20;/h3-5,8-11,16H,6-7,12-15,17H2,1-2H3,(H2,23,24,25);1H. The van der Waals surface area contributed by atoms with Crippen LogP contribution in [0.25, 0.3) is 0 Å². The topological polar surface area (TPSA) is 58.1 Å². The predicted octanol–water partition coefficient (Wildman–Crippen LogP) is 3.66. The first-order chi connectivity index (χ1) is 13.8. The Morgan fingerprint density at radius 1 is 1.00 bits per heavy atom. The third kappa shape index (κ3) is 7.30. The van der Waals surface area contributed by atoms with E-state index in [1.165, 1.54) is 11.3 Å². The highest BCUT2D eigenvalue weighted by Gasteiger charge is 2.12. The van der Waals surface area contributed by atoms with Crippen LogP contribution in [0.2, 0.25) is 0 Å². The number of anilines is 1. The number of guanidine groups is 1. The number of benzene rings is 2. The molecule has 158 valence electrons. The first-order valence-corrected chi connectivity index (χ1v) is 9.85. The average Bonchev–Trinajstić information content (AvgIpc) is 3.20. The third-order valence-electron chi connectivity index (χ3n) is 4.78. The summed E-state index contributed by atoms with van der Waals surface area (Å²) in [5, 5.41) is 6.75. The molecule has 0 aliphatic carbocycles. The summed E-state index contributed by atoms with van der Waals surface area (Å²) in [6.07, 6.45) is 3.13. The van der Waals surface area contributed by atoms with Crippen molar-refractivity contribution in [2.24, 2.45) is 4.99 Å². The van der Waals surface area contributed by atoms with E-state index < -0.39 is 0 Å². The van der Waals surface area contributed by atoms with Gasteiger partial charge in [0.15, 0.2) is 17.5 Å². The fourth-order valence-corrected chi connectivity index (χ4v) is 3.13. The summed E-state index contributed by atoms with van der Waals surface area (Å²) in [5.41, 5.74) is 2.48. The summed E-state index contributed by atoms with van der Waals surface area (Å²) in [5.74, 6) is 2.50. The first-order valence-electron chi connectivity index (χ1n) is 9.85. The molecule has 3 rings (SSSR count). The fraction of sp³-hybridized carbons (Fsp3) is 0.409. The minimum absolute atomic E-state index is 0. The van der Waals surface area contributed by atoms with Gasteiger partial charge in [0, 0.05) is 39.4 Å². The van der Waals surface area contributed by atoms with Gasteiger partial charge in [0.05, 0.1) is 0 Å². The summed E-state index contributed by atoms with van der Waals surface area (Å²) in [4.78, 5) is 6.59. The van der Waals surface area contributed by atoms with Crippen molar-refractivity contribution in [2.45, 2.75) is 19.3 Å². The van der Waals surface area contributed by atoms with Crippen molar-refractivity contribution in [2.75, 3.05) is 45.4 Å². The number of nitrogens with one attached hydrogen (secondary N) is 2. The summed E-state index contributed by atoms with van der Waals surface area (Å²) in [6, 6.07) is 16.6. The molecular formula is C22H31IN4O2. The van der Waals surface area contributed by atoms with E-state index in [4.69, 9.17) is 9.47 Å². The van der Waals surface area contributed by atoms with Gasteiger partial charge in [0.2, 0.25) is 6.79 Å². The van der Waals surface area contributed by atoms with Crippen LogP contribution in [0.1, 0.15) is 18.4 Å². The van der Waals surface area contributed by atoms with E-state index in [2.05, 4.69) is 57.9 Å². The predicted molar refractivity (Wildman–Crippen MR) is 130 cm³/mol. The van der Waals surface area contributed by atoms with Gasteiger partial charge in [-0.05, 0) is 49.1 Å². The molecule has 1 aliphatic heterocycles. The summed E-state index contributed by atoms with van der Waals surface area (Å²) in [6.45, 7) is 3.08. The van der Waals surface area contributed by atoms with Crippen molar-refractivity contribution in [1.29, 1.82) is 0 Å². The van der Waals surface area contributed by atoms with Gasteiger partial charge in [-0.3, -0.25) is 4.99 Å². The van der Waals surface area contributed by atoms with E-state index in [1.807, 2.05) is 18.2 Å². The highest BCUT2D eigenvalue weighted by molar-refractivity contribution is 14.0. The molecule has 0 spiro atoms. The molecule has 0 unspecified atom stereocenters. The lowest BCUT2D eigenvalue weighted by molar-refractivity contribution is 0.174. The number of unbranched alkanes of at least 4 members (excludes halogenated alkanes) is 1. The smallest absolute Gasteiger partial charge is 0.231 e. The van der Waals surface area contributed by atoms with Gasteiger partial charge in [0.25, 0.3) is 0 Å². The van der Waals surface area contributed by atoms with Crippen molar-refractivity contribution in [3.63, 3.8) is 0 Å². The van der Waals surface area contributed by atoms with Crippen molar-refractivity contribution in [3.05, 3.63) is 54.1 Å². The summed E-state index contributed by atoms with van der Waals surface area (Å²) in [7, 11) is 3.94. The van der Waals surface area contributed by atoms with Crippen LogP contribution in [0.15, 0.2) is 53.5 Å². The lowest BCUT2D eigenvalue weighted by Crippen LogP contribution is -2.38. The number of hydrogen-bond acceptors (Lipinski definition) is 4. The average molecular weight is 510 g/mol. The van der Waals surface area contributed by atoms with Crippen molar-refractivity contribution in [3.8, 4) is 11.5 Å². The largest absolute Gasteiger partial charge is 0.454 e. The molecule has 1 heterocycles. The molecule has 0 bridgehead atoms. The van der Waals surface area contributed by atoms with E-state index in [0.717, 1.165) is 56.4 Å². The second kappa shape index (κ2) is 12.4. The Labute approximate surface area is 190 Å². The van der Waals surface area contributed by atoms with Gasteiger partial charge in [0.1, 0.15) is 0 Å². The number of ether oxygens (including phenoxy) is 2. The Morgan fingerprint density at radius 2 is 1.76 bits per heavy atom. The number of rotatable bonds is 9. The Morgan fingerprint density at radius 3 is 2.55 bits per heavy atom. The van der Waals surface area contributed by atoms with Crippen LogP contribution in [-0.2, 0) is 6.42 Å². The van der Waals surface area contributed by atoms with Crippen molar-refractivity contribution in [1.82, 2.24) is 10.6 Å². The molecule has 29 heavy (non-hydrogen) atoms. The Hall–Kier alpha value is -2.16. The molecule has 7 heteroatoms. The van der Waals surface area contributed by atoms with Gasteiger partial charge >= 0.3 is 0 Å². The van der Waals surface area contributed by atoms with Gasteiger partial charge in [-0.25, -0.2) is 0 Å². The number of para-hydroxylation sites is 1. The second-order valence-electron chi connectivity index (χ2n) is 6.83. The van der Waals surface area contributed by atoms with E-state index in [1.54, 1.807) is 7.05 Å². The monoisotopic (exact) mass is 510 g/mol.